The third kappa shape index (κ3) is 3.51. The molecule has 2 aromatic rings. The Labute approximate surface area is 102 Å². The molecule has 0 bridgehead atoms. The Morgan fingerprint density at radius 2 is 2.18 bits per heavy atom. The molecule has 0 atom stereocenters. The van der Waals surface area contributed by atoms with E-state index in [4.69, 9.17) is 4.74 Å². The molecular formula is C14H18N2O. The summed E-state index contributed by atoms with van der Waals surface area (Å²) in [7, 11) is 1.72. The fourth-order valence-corrected chi connectivity index (χ4v) is 1.81. The van der Waals surface area contributed by atoms with Crippen LogP contribution in [0.3, 0.4) is 0 Å². The Morgan fingerprint density at radius 3 is 3.06 bits per heavy atom. The van der Waals surface area contributed by atoms with Crippen molar-refractivity contribution >= 4 is 10.9 Å². The smallest absolute Gasteiger partial charge is 0.0702 e. The fraction of sp³-hybridized carbons (Fsp3) is 0.357. The van der Waals surface area contributed by atoms with Gasteiger partial charge in [-0.1, -0.05) is 12.1 Å². The zero-order valence-electron chi connectivity index (χ0n) is 10.1. The van der Waals surface area contributed by atoms with Crippen molar-refractivity contribution in [2.75, 3.05) is 26.8 Å². The van der Waals surface area contributed by atoms with E-state index in [9.17, 15) is 0 Å². The Balaban J connectivity index is 1.90. The van der Waals surface area contributed by atoms with Gasteiger partial charge in [0.2, 0.25) is 0 Å². The molecule has 0 amide bonds. The van der Waals surface area contributed by atoms with Crippen molar-refractivity contribution in [1.29, 1.82) is 0 Å². The van der Waals surface area contributed by atoms with Gasteiger partial charge in [0.05, 0.1) is 12.1 Å². The second kappa shape index (κ2) is 6.33. The molecule has 1 N–H and O–H groups in total. The van der Waals surface area contributed by atoms with Crippen LogP contribution in [0.5, 0.6) is 0 Å². The molecule has 2 rings (SSSR count). The van der Waals surface area contributed by atoms with Crippen molar-refractivity contribution < 1.29 is 4.74 Å². The molecule has 0 aliphatic carbocycles. The lowest BCUT2D eigenvalue weighted by molar-refractivity contribution is 0.199. The third-order valence-electron chi connectivity index (χ3n) is 2.74. The van der Waals surface area contributed by atoms with E-state index in [2.05, 4.69) is 34.6 Å². The Hall–Kier alpha value is -1.45. The number of ether oxygens (including phenoxy) is 1. The molecule has 1 aromatic heterocycles. The van der Waals surface area contributed by atoms with Crippen LogP contribution in [0.25, 0.3) is 10.9 Å². The van der Waals surface area contributed by atoms with Crippen LogP contribution < -0.4 is 5.32 Å². The first-order chi connectivity index (χ1) is 8.40. The van der Waals surface area contributed by atoms with Crippen molar-refractivity contribution in [3.05, 3.63) is 42.1 Å². The van der Waals surface area contributed by atoms with Crippen molar-refractivity contribution in [1.82, 2.24) is 10.3 Å². The van der Waals surface area contributed by atoms with Crippen molar-refractivity contribution in [3.8, 4) is 0 Å². The molecule has 0 fully saturated rings. The number of benzene rings is 1. The molecular weight excluding hydrogens is 212 g/mol. The third-order valence-corrected chi connectivity index (χ3v) is 2.74. The van der Waals surface area contributed by atoms with Crippen LogP contribution in [-0.2, 0) is 11.2 Å². The molecule has 90 valence electrons. The number of hydrogen-bond acceptors (Lipinski definition) is 3. The molecule has 0 aliphatic heterocycles. The van der Waals surface area contributed by atoms with Crippen LogP contribution >= 0.6 is 0 Å². The molecule has 0 saturated heterocycles. The zero-order valence-corrected chi connectivity index (χ0v) is 10.1. The van der Waals surface area contributed by atoms with Gasteiger partial charge in [0.25, 0.3) is 0 Å². The second-order valence-corrected chi connectivity index (χ2v) is 4.02. The van der Waals surface area contributed by atoms with Crippen molar-refractivity contribution in [3.63, 3.8) is 0 Å². The maximum absolute atomic E-state index is 4.98. The lowest BCUT2D eigenvalue weighted by Gasteiger charge is -2.05. The van der Waals surface area contributed by atoms with Crippen LogP contribution in [-0.4, -0.2) is 31.8 Å². The van der Waals surface area contributed by atoms with E-state index in [0.717, 1.165) is 31.6 Å². The average Bonchev–Trinajstić information content (AvgIpc) is 2.38. The summed E-state index contributed by atoms with van der Waals surface area (Å²) in [5.41, 5.74) is 2.40. The molecule has 1 heterocycles. The lowest BCUT2D eigenvalue weighted by Crippen LogP contribution is -2.21. The maximum Gasteiger partial charge on any atom is 0.0702 e. The highest BCUT2D eigenvalue weighted by Crippen LogP contribution is 2.13. The highest BCUT2D eigenvalue weighted by Gasteiger charge is 1.96. The van der Waals surface area contributed by atoms with Gasteiger partial charge < -0.3 is 10.1 Å². The predicted molar refractivity (Wildman–Crippen MR) is 70.2 cm³/mol. The van der Waals surface area contributed by atoms with Crippen LogP contribution in [0.2, 0.25) is 0 Å². The molecule has 0 radical (unpaired) electrons. The highest BCUT2D eigenvalue weighted by atomic mass is 16.5. The summed E-state index contributed by atoms with van der Waals surface area (Å²) in [6.07, 6.45) is 2.86. The van der Waals surface area contributed by atoms with E-state index in [1.807, 2.05) is 12.3 Å². The van der Waals surface area contributed by atoms with Crippen LogP contribution in [0.1, 0.15) is 5.56 Å². The number of rotatable bonds is 6. The minimum absolute atomic E-state index is 0.766. The lowest BCUT2D eigenvalue weighted by atomic mass is 10.1. The number of hydrogen-bond donors (Lipinski definition) is 1. The quantitative estimate of drug-likeness (QED) is 0.771. The number of methoxy groups -OCH3 is 1. The monoisotopic (exact) mass is 230 g/mol. The summed E-state index contributed by atoms with van der Waals surface area (Å²) < 4.78 is 4.98. The summed E-state index contributed by atoms with van der Waals surface area (Å²) in [4.78, 5) is 4.31. The molecule has 17 heavy (non-hydrogen) atoms. The van der Waals surface area contributed by atoms with Crippen LogP contribution in [0.4, 0.5) is 0 Å². The fourth-order valence-electron chi connectivity index (χ4n) is 1.81. The SMILES string of the molecule is COCCNCCc1ccc2ncccc2c1. The van der Waals surface area contributed by atoms with Gasteiger partial charge in [-0.2, -0.15) is 0 Å². The minimum Gasteiger partial charge on any atom is -0.383 e. The van der Waals surface area contributed by atoms with Crippen LogP contribution in [0.15, 0.2) is 36.5 Å². The summed E-state index contributed by atoms with van der Waals surface area (Å²) >= 11 is 0. The number of aromatic nitrogens is 1. The van der Waals surface area contributed by atoms with Gasteiger partial charge in [-0.25, -0.2) is 0 Å². The topological polar surface area (TPSA) is 34.1 Å². The molecule has 0 saturated carbocycles. The first-order valence-corrected chi connectivity index (χ1v) is 5.93. The van der Waals surface area contributed by atoms with E-state index in [1.54, 1.807) is 7.11 Å². The number of nitrogens with zero attached hydrogens (tertiary/aromatic N) is 1. The average molecular weight is 230 g/mol. The first kappa shape index (κ1) is 12.0. The zero-order chi connectivity index (χ0) is 11.9. The molecule has 0 aliphatic rings. The van der Waals surface area contributed by atoms with Crippen molar-refractivity contribution in [2.45, 2.75) is 6.42 Å². The molecule has 3 nitrogen and oxygen atoms in total. The largest absolute Gasteiger partial charge is 0.383 e. The van der Waals surface area contributed by atoms with Crippen LogP contribution in [0, 0.1) is 0 Å². The number of fused-ring (bicyclic) bond motifs is 1. The van der Waals surface area contributed by atoms with Gasteiger partial charge in [0.1, 0.15) is 0 Å². The van der Waals surface area contributed by atoms with Gasteiger partial charge in [-0.05, 0) is 36.7 Å². The standard InChI is InChI=1S/C14H18N2O/c1-17-10-9-15-8-6-12-4-5-14-13(11-12)3-2-7-16-14/h2-5,7,11,15H,6,8-10H2,1H3. The maximum atomic E-state index is 4.98. The van der Waals surface area contributed by atoms with E-state index in [1.165, 1.54) is 10.9 Å². The molecule has 0 unspecified atom stereocenters. The number of pyridine rings is 1. The van der Waals surface area contributed by atoms with Gasteiger partial charge in [0, 0.05) is 25.2 Å². The highest BCUT2D eigenvalue weighted by molar-refractivity contribution is 5.78. The molecule has 1 aromatic carbocycles. The summed E-state index contributed by atoms with van der Waals surface area (Å²) in [6.45, 7) is 2.66. The summed E-state index contributed by atoms with van der Waals surface area (Å²) in [6, 6.07) is 10.5. The van der Waals surface area contributed by atoms with E-state index >= 15 is 0 Å². The summed E-state index contributed by atoms with van der Waals surface area (Å²) in [5, 5.41) is 4.55. The van der Waals surface area contributed by atoms with Gasteiger partial charge >= 0.3 is 0 Å². The molecule has 0 spiro atoms. The molecule has 3 heteroatoms. The first-order valence-electron chi connectivity index (χ1n) is 5.93. The van der Waals surface area contributed by atoms with Gasteiger partial charge in [0.15, 0.2) is 0 Å². The van der Waals surface area contributed by atoms with E-state index in [0.29, 0.717) is 0 Å². The Kier molecular flexibility index (Phi) is 4.47. The van der Waals surface area contributed by atoms with E-state index in [-0.39, 0.29) is 0 Å². The van der Waals surface area contributed by atoms with Gasteiger partial charge in [-0.3, -0.25) is 4.98 Å². The van der Waals surface area contributed by atoms with E-state index < -0.39 is 0 Å². The van der Waals surface area contributed by atoms with Crippen molar-refractivity contribution in [2.24, 2.45) is 0 Å². The van der Waals surface area contributed by atoms with Gasteiger partial charge in [-0.15, -0.1) is 0 Å². The summed E-state index contributed by atoms with van der Waals surface area (Å²) in [5.74, 6) is 0. The Bertz CT molecular complexity index is 470. The second-order valence-electron chi connectivity index (χ2n) is 4.02. The number of nitrogens with one attached hydrogen (secondary N) is 1. The normalized spacial score (nSPS) is 10.9. The predicted octanol–water partition coefficient (Wildman–Crippen LogP) is 2.01. The Morgan fingerprint density at radius 1 is 1.24 bits per heavy atom. The minimum atomic E-state index is 0.766.